The van der Waals surface area contributed by atoms with Crippen molar-refractivity contribution in [3.8, 4) is 43.1 Å². The van der Waals surface area contributed by atoms with Crippen LogP contribution in [0.4, 0.5) is 8.78 Å². The predicted molar refractivity (Wildman–Crippen MR) is 124 cm³/mol. The van der Waals surface area contributed by atoms with E-state index in [-0.39, 0.29) is 0 Å². The third-order valence-corrected chi connectivity index (χ3v) is 6.99. The summed E-state index contributed by atoms with van der Waals surface area (Å²) >= 11 is 3.49. The van der Waals surface area contributed by atoms with Crippen molar-refractivity contribution in [3.05, 3.63) is 107 Å². The Morgan fingerprint density at radius 1 is 0.500 bits per heavy atom. The molecule has 146 valence electrons. The highest BCUT2D eigenvalue weighted by molar-refractivity contribution is 7.20. The molecule has 0 saturated carbocycles. The first-order chi connectivity index (χ1) is 14.7. The highest BCUT2D eigenvalue weighted by Gasteiger charge is 2.11. The minimum absolute atomic E-state index is 0.533. The van der Waals surface area contributed by atoms with Gasteiger partial charge in [-0.2, -0.15) is 0 Å². The molecule has 0 spiro atoms. The Hall–Kier alpha value is -3.08. The van der Waals surface area contributed by atoms with E-state index in [0.29, 0.717) is 5.56 Å². The number of rotatable bonds is 4. The summed E-state index contributed by atoms with van der Waals surface area (Å²) in [6.45, 7) is 0. The molecule has 0 N–H and O–H groups in total. The summed E-state index contributed by atoms with van der Waals surface area (Å²) in [5.41, 5.74) is 5.87. The summed E-state index contributed by atoms with van der Waals surface area (Å²) < 4.78 is 27.1. The number of hydrogen-bond donors (Lipinski definition) is 0. The van der Waals surface area contributed by atoms with Crippen LogP contribution >= 0.6 is 22.7 Å². The van der Waals surface area contributed by atoms with Crippen LogP contribution in [-0.2, 0) is 0 Å². The molecule has 30 heavy (non-hydrogen) atoms. The molecule has 0 saturated heterocycles. The maximum absolute atomic E-state index is 13.6. The van der Waals surface area contributed by atoms with Crippen LogP contribution in [0.2, 0.25) is 0 Å². The van der Waals surface area contributed by atoms with Crippen LogP contribution in [-0.4, -0.2) is 0 Å². The molecule has 3 aromatic carbocycles. The van der Waals surface area contributed by atoms with Gasteiger partial charge in [-0.05, 0) is 68.4 Å². The fourth-order valence-electron chi connectivity index (χ4n) is 3.57. The van der Waals surface area contributed by atoms with E-state index < -0.39 is 11.6 Å². The molecule has 0 aliphatic carbocycles. The highest BCUT2D eigenvalue weighted by atomic mass is 32.1. The standard InChI is InChI=1S/C26H16F2S2/c27-21-12-19(13-22(28)15-21)17-7-9-18(10-8-17)23-4-1-2-5-24(23)20-14-26(30-16-20)25-6-3-11-29-25/h1-16H. The van der Waals surface area contributed by atoms with Gasteiger partial charge in [0, 0.05) is 15.8 Å². The Labute approximate surface area is 181 Å². The second-order valence-corrected chi connectivity index (χ2v) is 8.82. The van der Waals surface area contributed by atoms with Crippen LogP contribution in [0.25, 0.3) is 43.1 Å². The van der Waals surface area contributed by atoms with Crippen molar-refractivity contribution >= 4 is 22.7 Å². The Morgan fingerprint density at radius 2 is 1.17 bits per heavy atom. The van der Waals surface area contributed by atoms with Crippen molar-refractivity contribution in [2.45, 2.75) is 0 Å². The molecule has 5 rings (SSSR count). The largest absolute Gasteiger partial charge is 0.207 e. The topological polar surface area (TPSA) is 0 Å². The summed E-state index contributed by atoms with van der Waals surface area (Å²) in [6, 6.07) is 26.2. The van der Waals surface area contributed by atoms with E-state index in [4.69, 9.17) is 0 Å². The monoisotopic (exact) mass is 430 g/mol. The van der Waals surface area contributed by atoms with Gasteiger partial charge < -0.3 is 0 Å². The summed E-state index contributed by atoms with van der Waals surface area (Å²) in [5, 5.41) is 4.28. The number of hydrogen-bond acceptors (Lipinski definition) is 2. The van der Waals surface area contributed by atoms with Crippen molar-refractivity contribution < 1.29 is 8.78 Å². The average molecular weight is 431 g/mol. The van der Waals surface area contributed by atoms with Crippen molar-refractivity contribution in [2.75, 3.05) is 0 Å². The van der Waals surface area contributed by atoms with Gasteiger partial charge in [-0.1, -0.05) is 54.6 Å². The van der Waals surface area contributed by atoms with Crippen LogP contribution < -0.4 is 0 Å². The zero-order valence-electron chi connectivity index (χ0n) is 15.8. The molecule has 0 amide bonds. The van der Waals surface area contributed by atoms with E-state index in [0.717, 1.165) is 22.8 Å². The Bertz CT molecular complexity index is 1280. The summed E-state index contributed by atoms with van der Waals surface area (Å²) in [4.78, 5) is 2.54. The van der Waals surface area contributed by atoms with Crippen LogP contribution in [0.15, 0.2) is 95.7 Å². The summed E-state index contributed by atoms with van der Waals surface area (Å²) in [7, 11) is 0. The molecule has 5 aromatic rings. The molecule has 0 radical (unpaired) electrons. The Balaban J connectivity index is 1.51. The lowest BCUT2D eigenvalue weighted by Crippen LogP contribution is -1.86. The molecule has 0 unspecified atom stereocenters. The first kappa shape index (κ1) is 18.9. The van der Waals surface area contributed by atoms with Gasteiger partial charge in [0.05, 0.1) is 0 Å². The lowest BCUT2D eigenvalue weighted by Gasteiger charge is -2.10. The van der Waals surface area contributed by atoms with Gasteiger partial charge in [0.2, 0.25) is 0 Å². The molecule has 0 bridgehead atoms. The van der Waals surface area contributed by atoms with Gasteiger partial charge in [0.1, 0.15) is 11.6 Å². The molecular formula is C26H16F2S2. The van der Waals surface area contributed by atoms with E-state index >= 15 is 0 Å². The molecular weight excluding hydrogens is 414 g/mol. The zero-order valence-corrected chi connectivity index (χ0v) is 17.4. The fraction of sp³-hybridized carbons (Fsp3) is 0. The van der Waals surface area contributed by atoms with Crippen molar-refractivity contribution in [1.29, 1.82) is 0 Å². The van der Waals surface area contributed by atoms with E-state index in [2.05, 4.69) is 41.1 Å². The van der Waals surface area contributed by atoms with Gasteiger partial charge in [-0.15, -0.1) is 22.7 Å². The van der Waals surface area contributed by atoms with Crippen molar-refractivity contribution in [2.24, 2.45) is 0 Å². The SMILES string of the molecule is Fc1cc(F)cc(-c2ccc(-c3ccccc3-c3csc(-c4cccs4)c3)cc2)c1. The first-order valence-corrected chi connectivity index (χ1v) is 11.2. The Kier molecular flexibility index (Phi) is 5.03. The molecule has 2 aromatic heterocycles. The summed E-state index contributed by atoms with van der Waals surface area (Å²) in [6.07, 6.45) is 0. The summed E-state index contributed by atoms with van der Waals surface area (Å²) in [5.74, 6) is -1.14. The number of benzene rings is 3. The number of thiophene rings is 2. The quantitative estimate of drug-likeness (QED) is 0.267. The molecule has 4 heteroatoms. The molecule has 0 aliphatic rings. The van der Waals surface area contributed by atoms with Gasteiger partial charge in [-0.3, -0.25) is 0 Å². The smallest absolute Gasteiger partial charge is 0.126 e. The van der Waals surface area contributed by atoms with Crippen LogP contribution in [0, 0.1) is 11.6 Å². The van der Waals surface area contributed by atoms with E-state index in [1.165, 1.54) is 33.0 Å². The minimum atomic E-state index is -0.571. The predicted octanol–water partition coefficient (Wildman–Crippen LogP) is 8.76. The molecule has 2 heterocycles. The van der Waals surface area contributed by atoms with Gasteiger partial charge in [-0.25, -0.2) is 8.78 Å². The second kappa shape index (κ2) is 7.98. The average Bonchev–Trinajstić information content (AvgIpc) is 3.45. The lowest BCUT2D eigenvalue weighted by molar-refractivity contribution is 0.584. The third-order valence-electron chi connectivity index (χ3n) is 4.99. The maximum Gasteiger partial charge on any atom is 0.126 e. The van der Waals surface area contributed by atoms with Gasteiger partial charge in [0.15, 0.2) is 0 Å². The van der Waals surface area contributed by atoms with Crippen LogP contribution in [0.5, 0.6) is 0 Å². The van der Waals surface area contributed by atoms with Gasteiger partial charge in [0.25, 0.3) is 0 Å². The second-order valence-electron chi connectivity index (χ2n) is 6.96. The third kappa shape index (κ3) is 3.72. The van der Waals surface area contributed by atoms with E-state index in [1.54, 1.807) is 22.7 Å². The highest BCUT2D eigenvalue weighted by Crippen LogP contribution is 2.39. The Morgan fingerprint density at radius 3 is 1.83 bits per heavy atom. The van der Waals surface area contributed by atoms with E-state index in [9.17, 15) is 8.78 Å². The van der Waals surface area contributed by atoms with Crippen molar-refractivity contribution in [1.82, 2.24) is 0 Å². The molecule has 0 nitrogen and oxygen atoms in total. The first-order valence-electron chi connectivity index (χ1n) is 9.46. The normalized spacial score (nSPS) is 11.0. The lowest BCUT2D eigenvalue weighted by atomic mass is 9.94. The van der Waals surface area contributed by atoms with E-state index in [1.807, 2.05) is 36.4 Å². The molecule has 0 aliphatic heterocycles. The van der Waals surface area contributed by atoms with Crippen LogP contribution in [0.3, 0.4) is 0 Å². The van der Waals surface area contributed by atoms with Gasteiger partial charge >= 0.3 is 0 Å². The molecule has 0 fully saturated rings. The zero-order chi connectivity index (χ0) is 20.5. The fourth-order valence-corrected chi connectivity index (χ4v) is 5.33. The minimum Gasteiger partial charge on any atom is -0.207 e. The van der Waals surface area contributed by atoms with Crippen molar-refractivity contribution in [3.63, 3.8) is 0 Å². The van der Waals surface area contributed by atoms with Crippen LogP contribution in [0.1, 0.15) is 0 Å². The number of halogens is 2. The molecule has 0 atom stereocenters. The maximum atomic E-state index is 13.6.